The predicted molar refractivity (Wildman–Crippen MR) is 73.3 cm³/mol. The third-order valence-electron chi connectivity index (χ3n) is 2.83. The molecule has 2 aromatic rings. The number of nitro benzene ring substituents is 1. The van der Waals surface area contributed by atoms with Crippen molar-refractivity contribution in [3.63, 3.8) is 0 Å². The van der Waals surface area contributed by atoms with Gasteiger partial charge >= 0.3 is 5.69 Å². The van der Waals surface area contributed by atoms with Crippen LogP contribution in [0, 0.1) is 22.9 Å². The molecule has 106 valence electrons. The monoisotopic (exact) mass is 296 g/mol. The molecule has 0 unspecified atom stereocenters. The molecule has 1 aromatic heterocycles. The van der Waals surface area contributed by atoms with Crippen LogP contribution in [-0.2, 0) is 17.8 Å². The van der Waals surface area contributed by atoms with Crippen LogP contribution in [0.2, 0.25) is 0 Å². The molecular weight excluding hydrogens is 283 g/mol. The van der Waals surface area contributed by atoms with E-state index >= 15 is 0 Å². The molecule has 0 N–H and O–H groups in total. The zero-order chi connectivity index (χ0) is 14.5. The highest BCUT2D eigenvalue weighted by Gasteiger charge is 2.16. The zero-order valence-electron chi connectivity index (χ0n) is 10.8. The lowest BCUT2D eigenvalue weighted by atomic mass is 10.2. The average Bonchev–Trinajstić information content (AvgIpc) is 2.81. The molecule has 0 bridgehead atoms. The summed E-state index contributed by atoms with van der Waals surface area (Å²) in [5, 5.41) is 10.6. The third-order valence-corrected chi connectivity index (χ3v) is 3.83. The number of hydrogen-bond donors (Lipinski definition) is 0. The molecule has 5 nitrogen and oxygen atoms in total. The van der Waals surface area contributed by atoms with Crippen molar-refractivity contribution < 1.29 is 14.1 Å². The molecule has 2 rings (SSSR count). The molecule has 1 heterocycles. The van der Waals surface area contributed by atoms with Gasteiger partial charge in [-0.05, 0) is 6.92 Å². The molecule has 0 saturated carbocycles. The smallest absolute Gasteiger partial charge is 0.305 e. The summed E-state index contributed by atoms with van der Waals surface area (Å²) in [7, 11) is 0. The molecular formula is C13H13FN2O3S. The predicted octanol–water partition coefficient (Wildman–Crippen LogP) is 3.26. The SMILES string of the molecule is Cc1ncsc1CCOCc1cccc([N+](=O)[O-])c1F. The Morgan fingerprint density at radius 2 is 2.30 bits per heavy atom. The number of hydrogen-bond acceptors (Lipinski definition) is 5. The number of aromatic nitrogens is 1. The largest absolute Gasteiger partial charge is 0.376 e. The summed E-state index contributed by atoms with van der Waals surface area (Å²) in [6.07, 6.45) is 0.701. The van der Waals surface area contributed by atoms with E-state index in [9.17, 15) is 14.5 Å². The number of rotatable bonds is 6. The number of benzene rings is 1. The molecule has 0 saturated heterocycles. The van der Waals surface area contributed by atoms with Crippen LogP contribution in [0.5, 0.6) is 0 Å². The Hall–Kier alpha value is -1.86. The Morgan fingerprint density at radius 3 is 2.95 bits per heavy atom. The van der Waals surface area contributed by atoms with E-state index in [1.165, 1.54) is 12.1 Å². The highest BCUT2D eigenvalue weighted by atomic mass is 32.1. The lowest BCUT2D eigenvalue weighted by Gasteiger charge is -2.05. The maximum Gasteiger partial charge on any atom is 0.305 e. The second-order valence-corrected chi connectivity index (χ2v) is 5.11. The van der Waals surface area contributed by atoms with Crippen LogP contribution in [0.4, 0.5) is 10.1 Å². The maximum absolute atomic E-state index is 13.8. The maximum atomic E-state index is 13.8. The molecule has 0 amide bonds. The Morgan fingerprint density at radius 1 is 1.50 bits per heavy atom. The van der Waals surface area contributed by atoms with Crippen LogP contribution in [0.25, 0.3) is 0 Å². The lowest BCUT2D eigenvalue weighted by Crippen LogP contribution is -2.02. The highest BCUT2D eigenvalue weighted by molar-refractivity contribution is 7.09. The summed E-state index contributed by atoms with van der Waals surface area (Å²) in [4.78, 5) is 15.1. The van der Waals surface area contributed by atoms with Crippen molar-refractivity contribution in [1.29, 1.82) is 0 Å². The van der Waals surface area contributed by atoms with Gasteiger partial charge in [-0.3, -0.25) is 10.1 Å². The first-order valence-electron chi connectivity index (χ1n) is 5.98. The lowest BCUT2D eigenvalue weighted by molar-refractivity contribution is -0.387. The van der Waals surface area contributed by atoms with Crippen molar-refractivity contribution in [2.75, 3.05) is 6.61 Å². The van der Waals surface area contributed by atoms with Crippen LogP contribution >= 0.6 is 11.3 Å². The van der Waals surface area contributed by atoms with E-state index in [-0.39, 0.29) is 12.2 Å². The molecule has 1 aromatic carbocycles. The van der Waals surface area contributed by atoms with E-state index < -0.39 is 16.4 Å². The minimum atomic E-state index is -0.827. The van der Waals surface area contributed by atoms with Gasteiger partial charge in [0, 0.05) is 22.9 Å². The zero-order valence-corrected chi connectivity index (χ0v) is 11.7. The van der Waals surface area contributed by atoms with Crippen molar-refractivity contribution in [1.82, 2.24) is 4.98 Å². The van der Waals surface area contributed by atoms with Crippen LogP contribution in [0.15, 0.2) is 23.7 Å². The molecule has 0 aliphatic heterocycles. The second kappa shape index (κ2) is 6.53. The first-order chi connectivity index (χ1) is 9.59. The Kier molecular flexibility index (Phi) is 4.75. The number of thiazole rings is 1. The van der Waals surface area contributed by atoms with Crippen molar-refractivity contribution in [3.8, 4) is 0 Å². The summed E-state index contributed by atoms with van der Waals surface area (Å²) >= 11 is 1.55. The van der Waals surface area contributed by atoms with Crippen LogP contribution in [-0.4, -0.2) is 16.5 Å². The van der Waals surface area contributed by atoms with Gasteiger partial charge in [0.15, 0.2) is 0 Å². The fourth-order valence-corrected chi connectivity index (χ4v) is 2.49. The molecule has 0 fully saturated rings. The van der Waals surface area contributed by atoms with E-state index in [4.69, 9.17) is 4.74 Å². The molecule has 0 aliphatic rings. The summed E-state index contributed by atoms with van der Waals surface area (Å²) in [6.45, 7) is 2.36. The minimum Gasteiger partial charge on any atom is -0.376 e. The average molecular weight is 296 g/mol. The van der Waals surface area contributed by atoms with E-state index in [0.29, 0.717) is 13.0 Å². The summed E-state index contributed by atoms with van der Waals surface area (Å²) in [5.41, 5.74) is 2.41. The number of nitrogens with zero attached hydrogens (tertiary/aromatic N) is 2. The summed E-state index contributed by atoms with van der Waals surface area (Å²) in [5.74, 6) is -0.827. The van der Waals surface area contributed by atoms with Gasteiger partial charge in [-0.15, -0.1) is 11.3 Å². The van der Waals surface area contributed by atoms with E-state index in [1.807, 2.05) is 6.92 Å². The van der Waals surface area contributed by atoms with Crippen molar-refractivity contribution in [2.24, 2.45) is 0 Å². The van der Waals surface area contributed by atoms with Gasteiger partial charge in [0.1, 0.15) is 0 Å². The quantitative estimate of drug-likeness (QED) is 0.466. The standard InChI is InChI=1S/C13H13FN2O3S/c1-9-12(20-8-15-9)5-6-19-7-10-3-2-4-11(13(10)14)16(17)18/h2-4,8H,5-7H2,1H3. The Balaban J connectivity index is 1.90. The first kappa shape index (κ1) is 14.5. The van der Waals surface area contributed by atoms with Gasteiger partial charge in [-0.25, -0.2) is 4.98 Å². The van der Waals surface area contributed by atoms with Gasteiger partial charge in [0.2, 0.25) is 5.82 Å². The summed E-state index contributed by atoms with van der Waals surface area (Å²) in [6, 6.07) is 4.08. The van der Waals surface area contributed by atoms with E-state index in [0.717, 1.165) is 16.6 Å². The van der Waals surface area contributed by atoms with Crippen molar-refractivity contribution in [3.05, 3.63) is 55.8 Å². The van der Waals surface area contributed by atoms with Gasteiger partial charge in [-0.1, -0.05) is 12.1 Å². The number of aryl methyl sites for hydroxylation is 1. The molecule has 7 heteroatoms. The topological polar surface area (TPSA) is 65.3 Å². The molecule has 0 atom stereocenters. The van der Waals surface area contributed by atoms with E-state index in [1.54, 1.807) is 16.8 Å². The Bertz CT molecular complexity index is 615. The van der Waals surface area contributed by atoms with Gasteiger partial charge in [0.25, 0.3) is 0 Å². The van der Waals surface area contributed by atoms with Gasteiger partial charge < -0.3 is 4.74 Å². The number of nitro groups is 1. The number of halogens is 1. The molecule has 0 radical (unpaired) electrons. The summed E-state index contributed by atoms with van der Waals surface area (Å²) < 4.78 is 19.1. The molecule has 20 heavy (non-hydrogen) atoms. The highest BCUT2D eigenvalue weighted by Crippen LogP contribution is 2.21. The van der Waals surface area contributed by atoms with Crippen LogP contribution < -0.4 is 0 Å². The van der Waals surface area contributed by atoms with Crippen LogP contribution in [0.3, 0.4) is 0 Å². The molecule has 0 aliphatic carbocycles. The number of ether oxygens (including phenoxy) is 1. The normalized spacial score (nSPS) is 10.7. The third kappa shape index (κ3) is 3.37. The van der Waals surface area contributed by atoms with Crippen molar-refractivity contribution >= 4 is 17.0 Å². The minimum absolute atomic E-state index is 0.0192. The molecule has 0 spiro atoms. The van der Waals surface area contributed by atoms with Crippen molar-refractivity contribution in [2.45, 2.75) is 20.0 Å². The fraction of sp³-hybridized carbons (Fsp3) is 0.308. The van der Waals surface area contributed by atoms with Gasteiger partial charge in [-0.2, -0.15) is 4.39 Å². The van der Waals surface area contributed by atoms with E-state index in [2.05, 4.69) is 4.98 Å². The Labute approximate surface area is 119 Å². The van der Waals surface area contributed by atoms with Crippen LogP contribution in [0.1, 0.15) is 16.1 Å². The fourth-order valence-electron chi connectivity index (χ4n) is 1.73. The van der Waals surface area contributed by atoms with Gasteiger partial charge in [0.05, 0.1) is 29.3 Å². The second-order valence-electron chi connectivity index (χ2n) is 4.17. The first-order valence-corrected chi connectivity index (χ1v) is 6.86.